The normalized spacial score (nSPS) is 11.8. The molecule has 25 heavy (non-hydrogen) atoms. The van der Waals surface area contributed by atoms with Crippen LogP contribution in [0.4, 0.5) is 0 Å². The van der Waals surface area contributed by atoms with Gasteiger partial charge in [-0.2, -0.15) is 5.10 Å². The SMILES string of the molecule is CCCCCCCCCCCCCCCc1ccccc1C(N)=NN. The van der Waals surface area contributed by atoms with E-state index in [4.69, 9.17) is 11.6 Å². The molecule has 0 aliphatic rings. The van der Waals surface area contributed by atoms with E-state index in [0.717, 1.165) is 12.0 Å². The molecule has 0 unspecified atom stereocenters. The number of amidine groups is 1. The zero-order chi connectivity index (χ0) is 18.2. The first-order valence-electron chi connectivity index (χ1n) is 10.4. The fourth-order valence-corrected chi connectivity index (χ4v) is 3.39. The molecule has 3 nitrogen and oxygen atoms in total. The van der Waals surface area contributed by atoms with Crippen molar-refractivity contribution in [2.45, 2.75) is 96.8 Å². The molecular formula is C22H39N3. The van der Waals surface area contributed by atoms with Crippen LogP contribution in [0, 0.1) is 0 Å². The van der Waals surface area contributed by atoms with Crippen LogP contribution in [-0.4, -0.2) is 5.84 Å². The van der Waals surface area contributed by atoms with E-state index in [-0.39, 0.29) is 0 Å². The molecule has 142 valence electrons. The molecule has 0 spiro atoms. The third-order valence-electron chi connectivity index (χ3n) is 4.98. The summed E-state index contributed by atoms with van der Waals surface area (Å²) in [6.45, 7) is 2.28. The van der Waals surface area contributed by atoms with E-state index in [9.17, 15) is 0 Å². The maximum absolute atomic E-state index is 5.86. The van der Waals surface area contributed by atoms with Crippen LogP contribution in [0.1, 0.15) is 102 Å². The first kappa shape index (κ1) is 21.5. The van der Waals surface area contributed by atoms with Crippen LogP contribution in [0.25, 0.3) is 0 Å². The fraction of sp³-hybridized carbons (Fsp3) is 0.682. The molecule has 0 amide bonds. The monoisotopic (exact) mass is 345 g/mol. The highest BCUT2D eigenvalue weighted by Gasteiger charge is 2.05. The molecule has 0 saturated heterocycles. The molecule has 1 rings (SSSR count). The molecule has 0 aliphatic heterocycles. The fourth-order valence-electron chi connectivity index (χ4n) is 3.39. The summed E-state index contributed by atoms with van der Waals surface area (Å²) in [4.78, 5) is 0. The second kappa shape index (κ2) is 14.8. The smallest absolute Gasteiger partial charge is 0.150 e. The van der Waals surface area contributed by atoms with Gasteiger partial charge in [0, 0.05) is 5.56 Å². The number of hydrogen-bond acceptors (Lipinski definition) is 2. The first-order chi connectivity index (χ1) is 12.3. The molecule has 0 heterocycles. The standard InChI is InChI=1S/C22H39N3/c1-2-3-4-5-6-7-8-9-10-11-12-13-14-17-20-18-15-16-19-21(20)22(23)25-24/h15-16,18-19H,2-14,17,24H2,1H3,(H2,23,25). The van der Waals surface area contributed by atoms with E-state index in [1.807, 2.05) is 12.1 Å². The summed E-state index contributed by atoms with van der Waals surface area (Å²) in [5.74, 6) is 5.75. The molecule has 1 aromatic carbocycles. The van der Waals surface area contributed by atoms with Crippen molar-refractivity contribution < 1.29 is 0 Å². The summed E-state index contributed by atoms with van der Waals surface area (Å²) < 4.78 is 0. The van der Waals surface area contributed by atoms with E-state index in [1.54, 1.807) is 0 Å². The lowest BCUT2D eigenvalue weighted by Crippen LogP contribution is -2.17. The maximum atomic E-state index is 5.86. The average Bonchev–Trinajstić information content (AvgIpc) is 2.65. The number of rotatable bonds is 15. The quantitative estimate of drug-likeness (QED) is 0.137. The molecule has 0 saturated carbocycles. The molecule has 0 bridgehead atoms. The lowest BCUT2D eigenvalue weighted by molar-refractivity contribution is 0.539. The van der Waals surface area contributed by atoms with E-state index in [0.29, 0.717) is 5.84 Å². The first-order valence-corrected chi connectivity index (χ1v) is 10.4. The summed E-state index contributed by atoms with van der Waals surface area (Å²) in [5.41, 5.74) is 8.11. The van der Waals surface area contributed by atoms with Crippen molar-refractivity contribution in [1.29, 1.82) is 0 Å². The van der Waals surface area contributed by atoms with Crippen LogP contribution < -0.4 is 11.6 Å². The molecule has 0 aliphatic carbocycles. The topological polar surface area (TPSA) is 64.4 Å². The lowest BCUT2D eigenvalue weighted by atomic mass is 9.99. The Hall–Kier alpha value is -1.51. The third kappa shape index (κ3) is 10.2. The third-order valence-corrected chi connectivity index (χ3v) is 4.98. The average molecular weight is 346 g/mol. The van der Waals surface area contributed by atoms with Crippen molar-refractivity contribution in [3.05, 3.63) is 35.4 Å². The predicted molar refractivity (Wildman–Crippen MR) is 111 cm³/mol. The second-order valence-electron chi connectivity index (χ2n) is 7.16. The van der Waals surface area contributed by atoms with Gasteiger partial charge in [0.05, 0.1) is 0 Å². The largest absolute Gasteiger partial charge is 0.382 e. The van der Waals surface area contributed by atoms with Crippen molar-refractivity contribution in [1.82, 2.24) is 0 Å². The van der Waals surface area contributed by atoms with Crippen molar-refractivity contribution in [3.63, 3.8) is 0 Å². The van der Waals surface area contributed by atoms with Crippen LogP contribution in [0.5, 0.6) is 0 Å². The molecule has 1 aromatic rings. The lowest BCUT2D eigenvalue weighted by Gasteiger charge is -2.08. The summed E-state index contributed by atoms with van der Waals surface area (Å²) >= 11 is 0. The Bertz CT molecular complexity index is 468. The zero-order valence-corrected chi connectivity index (χ0v) is 16.3. The molecule has 0 radical (unpaired) electrons. The number of benzene rings is 1. The number of nitrogens with two attached hydrogens (primary N) is 2. The Labute approximate surface area is 155 Å². The Morgan fingerprint density at radius 2 is 1.24 bits per heavy atom. The summed E-state index contributed by atoms with van der Waals surface area (Å²) in [5, 5.41) is 3.63. The van der Waals surface area contributed by atoms with Gasteiger partial charge in [-0.15, -0.1) is 0 Å². The van der Waals surface area contributed by atoms with Crippen molar-refractivity contribution in [3.8, 4) is 0 Å². The van der Waals surface area contributed by atoms with Gasteiger partial charge in [-0.3, -0.25) is 0 Å². The highest BCUT2D eigenvalue weighted by molar-refractivity contribution is 5.98. The van der Waals surface area contributed by atoms with Gasteiger partial charge in [0.2, 0.25) is 0 Å². The number of hydrazone groups is 1. The molecular weight excluding hydrogens is 306 g/mol. The van der Waals surface area contributed by atoms with E-state index >= 15 is 0 Å². The highest BCUT2D eigenvalue weighted by atomic mass is 15.2. The summed E-state index contributed by atoms with van der Waals surface area (Å²) in [6, 6.07) is 8.18. The summed E-state index contributed by atoms with van der Waals surface area (Å²) in [7, 11) is 0. The Morgan fingerprint density at radius 3 is 1.76 bits per heavy atom. The minimum atomic E-state index is 0.435. The van der Waals surface area contributed by atoms with E-state index in [1.165, 1.54) is 89.0 Å². The molecule has 4 N–H and O–H groups in total. The van der Waals surface area contributed by atoms with Crippen LogP contribution >= 0.6 is 0 Å². The number of hydrogen-bond donors (Lipinski definition) is 2. The molecule has 3 heteroatoms. The van der Waals surface area contributed by atoms with E-state index in [2.05, 4.69) is 24.2 Å². The number of nitrogens with zero attached hydrogens (tertiary/aromatic N) is 1. The van der Waals surface area contributed by atoms with Gasteiger partial charge in [-0.25, -0.2) is 0 Å². The second-order valence-corrected chi connectivity index (χ2v) is 7.16. The van der Waals surface area contributed by atoms with E-state index < -0.39 is 0 Å². The van der Waals surface area contributed by atoms with Gasteiger partial charge in [0.1, 0.15) is 0 Å². The Morgan fingerprint density at radius 1 is 0.760 bits per heavy atom. The zero-order valence-electron chi connectivity index (χ0n) is 16.3. The highest BCUT2D eigenvalue weighted by Crippen LogP contribution is 2.15. The van der Waals surface area contributed by atoms with Gasteiger partial charge < -0.3 is 11.6 Å². The van der Waals surface area contributed by atoms with Crippen LogP contribution in [0.2, 0.25) is 0 Å². The predicted octanol–water partition coefficient (Wildman–Crippen LogP) is 5.90. The Kier molecular flexibility index (Phi) is 12.7. The Balaban J connectivity index is 1.99. The van der Waals surface area contributed by atoms with Crippen molar-refractivity contribution >= 4 is 5.84 Å². The van der Waals surface area contributed by atoms with Crippen LogP contribution in [0.3, 0.4) is 0 Å². The van der Waals surface area contributed by atoms with Gasteiger partial charge >= 0.3 is 0 Å². The van der Waals surface area contributed by atoms with Gasteiger partial charge in [0.25, 0.3) is 0 Å². The van der Waals surface area contributed by atoms with Gasteiger partial charge in [-0.1, -0.05) is 108 Å². The van der Waals surface area contributed by atoms with Crippen molar-refractivity contribution in [2.24, 2.45) is 16.7 Å². The summed E-state index contributed by atoms with van der Waals surface area (Å²) in [6.07, 6.45) is 19.0. The molecule has 0 fully saturated rings. The number of unbranched alkanes of at least 4 members (excludes halogenated alkanes) is 12. The van der Waals surface area contributed by atoms with Gasteiger partial charge in [-0.05, 0) is 18.4 Å². The minimum Gasteiger partial charge on any atom is -0.382 e. The molecule has 0 atom stereocenters. The van der Waals surface area contributed by atoms with Crippen LogP contribution in [0.15, 0.2) is 29.4 Å². The van der Waals surface area contributed by atoms with Crippen molar-refractivity contribution in [2.75, 3.05) is 0 Å². The molecule has 0 aromatic heterocycles. The van der Waals surface area contributed by atoms with Crippen LogP contribution in [-0.2, 0) is 6.42 Å². The maximum Gasteiger partial charge on any atom is 0.150 e. The van der Waals surface area contributed by atoms with Gasteiger partial charge in [0.15, 0.2) is 5.84 Å². The number of aryl methyl sites for hydroxylation is 1. The minimum absolute atomic E-state index is 0.435.